The molecule has 0 unspecified atom stereocenters. The number of rotatable bonds is 1. The van der Waals surface area contributed by atoms with Crippen LogP contribution in [-0.2, 0) is 0 Å². The van der Waals surface area contributed by atoms with Gasteiger partial charge in [-0.15, -0.1) is 0 Å². The van der Waals surface area contributed by atoms with Gasteiger partial charge in [0.2, 0.25) is 6.04 Å². The molecule has 0 amide bonds. The summed E-state index contributed by atoms with van der Waals surface area (Å²) in [6.45, 7) is 3.85. The minimum atomic E-state index is -0.594. The zero-order valence-corrected chi connectivity index (χ0v) is 6.70. The monoisotopic (exact) mass is 153 g/mol. The average Bonchev–Trinajstić information content (AvgIpc) is 1.85. The highest BCUT2D eigenvalue weighted by Gasteiger charge is 2.17. The topological polar surface area (TPSA) is 43.1 Å². The lowest BCUT2D eigenvalue weighted by atomic mass is 9.98. The third-order valence-corrected chi connectivity index (χ3v) is 1.71. The molecule has 0 aromatic carbocycles. The normalized spacial score (nSPS) is 19.1. The first-order chi connectivity index (χ1) is 5.09. The molecule has 0 heterocycles. The first-order valence-corrected chi connectivity index (χ1v) is 3.57. The molecule has 0 N–H and O–H groups in total. The standard InChI is InChI=1S/C8H11NO2/c1-6-3-7(2)5-8(4-6)9(10)11/h4-5,8H,3H2,1-2H3. The fourth-order valence-electron chi connectivity index (χ4n) is 1.31. The maximum atomic E-state index is 10.4. The van der Waals surface area contributed by atoms with Gasteiger partial charge < -0.3 is 0 Å². The molecule has 3 heteroatoms. The van der Waals surface area contributed by atoms with Crippen LogP contribution < -0.4 is 0 Å². The second kappa shape index (κ2) is 2.86. The zero-order valence-electron chi connectivity index (χ0n) is 6.70. The van der Waals surface area contributed by atoms with Crippen LogP contribution in [0.5, 0.6) is 0 Å². The maximum Gasteiger partial charge on any atom is 0.250 e. The molecule has 1 rings (SSSR count). The van der Waals surface area contributed by atoms with Gasteiger partial charge in [-0.25, -0.2) is 0 Å². The van der Waals surface area contributed by atoms with Crippen molar-refractivity contribution in [3.8, 4) is 0 Å². The predicted molar refractivity (Wildman–Crippen MR) is 42.9 cm³/mol. The van der Waals surface area contributed by atoms with Crippen LogP contribution in [0.1, 0.15) is 20.3 Å². The van der Waals surface area contributed by atoms with Gasteiger partial charge in [0.1, 0.15) is 0 Å². The van der Waals surface area contributed by atoms with Gasteiger partial charge >= 0.3 is 0 Å². The van der Waals surface area contributed by atoms with Gasteiger partial charge in [0.05, 0.1) is 0 Å². The van der Waals surface area contributed by atoms with Crippen molar-refractivity contribution in [3.63, 3.8) is 0 Å². The lowest BCUT2D eigenvalue weighted by Crippen LogP contribution is -2.17. The lowest BCUT2D eigenvalue weighted by molar-refractivity contribution is -0.497. The summed E-state index contributed by atoms with van der Waals surface area (Å²) in [5.74, 6) is 0. The van der Waals surface area contributed by atoms with E-state index in [-0.39, 0.29) is 4.92 Å². The van der Waals surface area contributed by atoms with Gasteiger partial charge in [0, 0.05) is 4.92 Å². The van der Waals surface area contributed by atoms with Crippen molar-refractivity contribution in [3.05, 3.63) is 33.4 Å². The molecule has 0 saturated carbocycles. The molecule has 0 aromatic rings. The highest BCUT2D eigenvalue weighted by atomic mass is 16.6. The fourth-order valence-corrected chi connectivity index (χ4v) is 1.31. The average molecular weight is 153 g/mol. The Labute approximate surface area is 65.6 Å². The first-order valence-electron chi connectivity index (χ1n) is 3.57. The van der Waals surface area contributed by atoms with E-state index in [0.29, 0.717) is 0 Å². The quantitative estimate of drug-likeness (QED) is 0.328. The Hall–Kier alpha value is -1.12. The third-order valence-electron chi connectivity index (χ3n) is 1.71. The van der Waals surface area contributed by atoms with E-state index in [1.54, 1.807) is 12.2 Å². The highest BCUT2D eigenvalue weighted by molar-refractivity contribution is 5.23. The van der Waals surface area contributed by atoms with E-state index >= 15 is 0 Å². The Kier molecular flexibility index (Phi) is 2.08. The van der Waals surface area contributed by atoms with Crippen molar-refractivity contribution in [2.24, 2.45) is 0 Å². The smallest absolute Gasteiger partial charge is 0.250 e. The van der Waals surface area contributed by atoms with E-state index in [1.165, 1.54) is 0 Å². The summed E-state index contributed by atoms with van der Waals surface area (Å²) in [6.07, 6.45) is 4.28. The largest absolute Gasteiger partial charge is 0.264 e. The van der Waals surface area contributed by atoms with Crippen LogP contribution in [0.15, 0.2) is 23.3 Å². The summed E-state index contributed by atoms with van der Waals surface area (Å²) in [5, 5.41) is 10.4. The van der Waals surface area contributed by atoms with Gasteiger partial charge in [-0.1, -0.05) is 11.1 Å². The molecular weight excluding hydrogens is 142 g/mol. The van der Waals surface area contributed by atoms with Crippen molar-refractivity contribution < 1.29 is 4.92 Å². The van der Waals surface area contributed by atoms with Crippen LogP contribution in [-0.4, -0.2) is 11.0 Å². The summed E-state index contributed by atoms with van der Waals surface area (Å²) in [5.41, 5.74) is 2.18. The van der Waals surface area contributed by atoms with Gasteiger partial charge in [0.25, 0.3) is 0 Å². The van der Waals surface area contributed by atoms with Gasteiger partial charge in [0.15, 0.2) is 0 Å². The van der Waals surface area contributed by atoms with Crippen LogP contribution in [0, 0.1) is 10.1 Å². The Balaban J connectivity index is 2.81. The number of hydrogen-bond donors (Lipinski definition) is 0. The van der Waals surface area contributed by atoms with Crippen molar-refractivity contribution in [2.75, 3.05) is 0 Å². The van der Waals surface area contributed by atoms with Crippen molar-refractivity contribution in [2.45, 2.75) is 26.3 Å². The number of allylic oxidation sites excluding steroid dienone is 2. The van der Waals surface area contributed by atoms with Crippen LogP contribution in [0.3, 0.4) is 0 Å². The third kappa shape index (κ3) is 1.90. The molecule has 60 valence electrons. The molecule has 1 aliphatic carbocycles. The van der Waals surface area contributed by atoms with Crippen LogP contribution >= 0.6 is 0 Å². The summed E-state index contributed by atoms with van der Waals surface area (Å²) in [6, 6.07) is -0.594. The zero-order chi connectivity index (χ0) is 8.43. The second-order valence-electron chi connectivity index (χ2n) is 2.98. The molecule has 0 aliphatic heterocycles. The van der Waals surface area contributed by atoms with Crippen LogP contribution in [0.4, 0.5) is 0 Å². The van der Waals surface area contributed by atoms with E-state index in [2.05, 4.69) is 0 Å². The summed E-state index contributed by atoms with van der Waals surface area (Å²) in [7, 11) is 0. The molecule has 0 bridgehead atoms. The molecule has 0 radical (unpaired) electrons. The van der Waals surface area contributed by atoms with E-state index in [1.807, 2.05) is 13.8 Å². The minimum Gasteiger partial charge on any atom is -0.264 e. The Bertz CT molecular complexity index is 222. The van der Waals surface area contributed by atoms with Crippen LogP contribution in [0.25, 0.3) is 0 Å². The lowest BCUT2D eigenvalue weighted by Gasteiger charge is -2.10. The Morgan fingerprint density at radius 2 is 1.91 bits per heavy atom. The van der Waals surface area contributed by atoms with E-state index in [4.69, 9.17) is 0 Å². The van der Waals surface area contributed by atoms with Gasteiger partial charge in [-0.2, -0.15) is 0 Å². The van der Waals surface area contributed by atoms with Crippen molar-refractivity contribution >= 4 is 0 Å². The molecule has 11 heavy (non-hydrogen) atoms. The summed E-state index contributed by atoms with van der Waals surface area (Å²) < 4.78 is 0. The molecule has 3 nitrogen and oxygen atoms in total. The number of nitrogens with zero attached hydrogens (tertiary/aromatic N) is 1. The fraction of sp³-hybridized carbons (Fsp3) is 0.500. The van der Waals surface area contributed by atoms with Crippen molar-refractivity contribution in [1.82, 2.24) is 0 Å². The molecule has 0 spiro atoms. The number of hydrogen-bond acceptors (Lipinski definition) is 2. The van der Waals surface area contributed by atoms with Gasteiger partial charge in [-0.3, -0.25) is 10.1 Å². The summed E-state index contributed by atoms with van der Waals surface area (Å²) >= 11 is 0. The first kappa shape index (κ1) is 7.98. The second-order valence-corrected chi connectivity index (χ2v) is 2.98. The molecule has 0 atom stereocenters. The van der Waals surface area contributed by atoms with Crippen LogP contribution in [0.2, 0.25) is 0 Å². The highest BCUT2D eigenvalue weighted by Crippen LogP contribution is 2.18. The molecule has 1 aliphatic rings. The molecule has 0 saturated heterocycles. The maximum absolute atomic E-state index is 10.4. The molecule has 0 fully saturated rings. The molecule has 0 aromatic heterocycles. The minimum absolute atomic E-state index is 0.272. The van der Waals surface area contributed by atoms with Crippen molar-refractivity contribution in [1.29, 1.82) is 0 Å². The van der Waals surface area contributed by atoms with E-state index in [9.17, 15) is 10.1 Å². The van der Waals surface area contributed by atoms with E-state index < -0.39 is 6.04 Å². The Morgan fingerprint density at radius 1 is 1.45 bits per heavy atom. The Morgan fingerprint density at radius 3 is 2.27 bits per heavy atom. The number of nitro groups is 1. The predicted octanol–water partition coefficient (Wildman–Crippen LogP) is 1.93. The summed E-state index contributed by atoms with van der Waals surface area (Å²) in [4.78, 5) is 10.1. The van der Waals surface area contributed by atoms with E-state index in [0.717, 1.165) is 17.6 Å². The van der Waals surface area contributed by atoms with Gasteiger partial charge in [-0.05, 0) is 32.4 Å². The molecular formula is C8H11NO2. The SMILES string of the molecule is CC1=CC([N+](=O)[O-])C=C(C)C1.